The number of anilines is 3. The van der Waals surface area contributed by atoms with E-state index < -0.39 is 16.2 Å². The lowest BCUT2D eigenvalue weighted by Crippen LogP contribution is -2.49. The van der Waals surface area contributed by atoms with Gasteiger partial charge in [-0.2, -0.15) is 0 Å². The first-order valence-corrected chi connectivity index (χ1v) is 25.5. The lowest BCUT2D eigenvalue weighted by molar-refractivity contribution is 0.652. The van der Waals surface area contributed by atoms with Crippen LogP contribution in [0.25, 0.3) is 0 Å². The van der Waals surface area contributed by atoms with Gasteiger partial charge in [-0.25, -0.2) is 0 Å². The summed E-state index contributed by atoms with van der Waals surface area (Å²) in [5.41, 5.74) is 23.5. The minimum Gasteiger partial charge on any atom is -0.308 e. The Morgan fingerprint density at radius 1 is 0.254 bits per heavy atom. The summed E-state index contributed by atoms with van der Waals surface area (Å²) in [7, 11) is 0. The third-order valence-electron chi connectivity index (χ3n) is 15.2. The number of rotatable bonds is 6. The van der Waals surface area contributed by atoms with Crippen LogP contribution in [0.15, 0.2) is 195 Å². The molecule has 0 saturated carbocycles. The van der Waals surface area contributed by atoms with Gasteiger partial charge < -0.3 is 4.90 Å². The van der Waals surface area contributed by atoms with E-state index in [1.807, 2.05) is 0 Å². The van der Waals surface area contributed by atoms with Gasteiger partial charge >= 0.3 is 0 Å². The quantitative estimate of drug-likeness (QED) is 0.160. The molecule has 9 aromatic rings. The van der Waals surface area contributed by atoms with E-state index in [-0.39, 0.29) is 0 Å². The molecule has 67 heavy (non-hydrogen) atoms. The molecule has 0 radical (unpaired) electrons. The van der Waals surface area contributed by atoms with Gasteiger partial charge in [-0.15, -0.1) is 0 Å². The highest BCUT2D eigenvalue weighted by Gasteiger charge is 2.60. The lowest BCUT2D eigenvalue weighted by atomic mass is 9.52. The molecular formula is C63H48Br3N. The van der Waals surface area contributed by atoms with Crippen molar-refractivity contribution in [2.75, 3.05) is 4.90 Å². The van der Waals surface area contributed by atoms with Crippen LogP contribution in [-0.4, -0.2) is 0 Å². The molecule has 3 heterocycles. The predicted octanol–water partition coefficient (Wildman–Crippen LogP) is 17.4. The smallest absolute Gasteiger partial charge is 0.0743 e. The first-order chi connectivity index (χ1) is 32.4. The van der Waals surface area contributed by atoms with Crippen molar-refractivity contribution in [2.24, 2.45) is 0 Å². The molecule has 0 spiro atoms. The molecule has 0 atom stereocenters. The van der Waals surface area contributed by atoms with E-state index in [2.05, 4.69) is 276 Å². The van der Waals surface area contributed by atoms with Crippen LogP contribution in [0.4, 0.5) is 17.1 Å². The summed E-state index contributed by atoms with van der Waals surface area (Å²) >= 11 is 12.8. The van der Waals surface area contributed by atoms with Crippen molar-refractivity contribution in [1.82, 2.24) is 0 Å². The standard InChI is InChI=1S/C63H48Br3N/c1-37-7-19-43(20-8-37)61(44-21-9-38(2)10-22-44)52-31-49(64)33-54-58(52)67-59-53(61)32-50(65)34-55(59)63(47-27-15-41(5)16-28-47,48-29-17-42(6)18-30-48)57-36-51(66)35-56(60(57)67)62(54,45-23-11-39(3)12-24-45)46-25-13-40(4)14-26-46/h7-36H,1-6H3. The van der Waals surface area contributed by atoms with E-state index >= 15 is 0 Å². The van der Waals surface area contributed by atoms with Crippen LogP contribution in [0, 0.1) is 41.5 Å². The highest BCUT2D eigenvalue weighted by molar-refractivity contribution is 9.11. The van der Waals surface area contributed by atoms with Crippen molar-refractivity contribution >= 4 is 64.9 Å². The van der Waals surface area contributed by atoms with Gasteiger partial charge in [0, 0.05) is 13.4 Å². The minimum absolute atomic E-state index is 0.761. The topological polar surface area (TPSA) is 3.24 Å². The molecule has 1 nitrogen and oxygen atoms in total. The SMILES string of the molecule is Cc1ccc(C2(c3ccc(C)cc3)c3cc(Br)cc4c3N3c5c2cc(Br)cc5C(c2ccc(C)cc2)(c2ccc(C)cc2)c2cc(Br)cc(c23)C4(c2ccc(C)cc2)c2ccc(C)cc2)cc1. The number of halogens is 3. The first kappa shape index (κ1) is 42.6. The van der Waals surface area contributed by atoms with E-state index in [9.17, 15) is 0 Å². The second kappa shape index (κ2) is 15.4. The molecule has 0 aliphatic carbocycles. The Bertz CT molecular complexity index is 2870. The highest BCUT2D eigenvalue weighted by atomic mass is 79.9. The van der Waals surface area contributed by atoms with E-state index in [1.54, 1.807) is 0 Å². The van der Waals surface area contributed by atoms with Crippen molar-refractivity contribution < 1.29 is 0 Å². The van der Waals surface area contributed by atoms with Crippen LogP contribution < -0.4 is 4.90 Å². The fraction of sp³-hybridized carbons (Fsp3) is 0.143. The van der Waals surface area contributed by atoms with Gasteiger partial charge in [-0.3, -0.25) is 0 Å². The maximum absolute atomic E-state index is 4.25. The van der Waals surface area contributed by atoms with Crippen molar-refractivity contribution in [3.05, 3.63) is 296 Å². The maximum atomic E-state index is 4.25. The fourth-order valence-electron chi connectivity index (χ4n) is 12.2. The summed E-state index contributed by atoms with van der Waals surface area (Å²) in [5, 5.41) is 0. The molecule has 9 aromatic carbocycles. The van der Waals surface area contributed by atoms with Crippen molar-refractivity contribution in [2.45, 2.75) is 57.8 Å². The molecule has 12 rings (SSSR count). The van der Waals surface area contributed by atoms with Crippen LogP contribution >= 0.6 is 47.8 Å². The Kier molecular flexibility index (Phi) is 9.76. The Morgan fingerprint density at radius 3 is 0.552 bits per heavy atom. The summed E-state index contributed by atoms with van der Waals surface area (Å²) in [6.07, 6.45) is 0. The van der Waals surface area contributed by atoms with Gasteiger partial charge in [0.05, 0.1) is 33.3 Å². The summed E-state index contributed by atoms with van der Waals surface area (Å²) in [4.78, 5) is 2.70. The zero-order valence-electron chi connectivity index (χ0n) is 38.4. The van der Waals surface area contributed by atoms with Gasteiger partial charge in [0.25, 0.3) is 0 Å². The normalized spacial score (nSPS) is 15.3. The number of hydrogen-bond donors (Lipinski definition) is 0. The number of hydrogen-bond acceptors (Lipinski definition) is 1. The number of aryl methyl sites for hydroxylation is 6. The monoisotopic (exact) mass is 1060 g/mol. The van der Waals surface area contributed by atoms with Crippen LogP contribution in [0.3, 0.4) is 0 Å². The predicted molar refractivity (Wildman–Crippen MR) is 288 cm³/mol. The molecular weight excluding hydrogens is 1010 g/mol. The van der Waals surface area contributed by atoms with Crippen LogP contribution in [-0.2, 0) is 16.2 Å². The fourth-order valence-corrected chi connectivity index (χ4v) is 13.6. The van der Waals surface area contributed by atoms with E-state index in [0.29, 0.717) is 0 Å². The molecule has 0 unspecified atom stereocenters. The molecule has 4 heteroatoms. The molecule has 0 aromatic heterocycles. The molecule has 326 valence electrons. The second-order valence-corrected chi connectivity index (χ2v) is 22.1. The average molecular weight is 1060 g/mol. The van der Waals surface area contributed by atoms with Crippen molar-refractivity contribution in [1.29, 1.82) is 0 Å². The third kappa shape index (κ3) is 5.89. The third-order valence-corrected chi connectivity index (χ3v) is 16.6. The van der Waals surface area contributed by atoms with E-state index in [0.717, 1.165) is 13.4 Å². The Balaban J connectivity index is 1.41. The molecule has 0 amide bonds. The summed E-state index contributed by atoms with van der Waals surface area (Å²) in [6, 6.07) is 70.7. The largest absolute Gasteiger partial charge is 0.308 e. The first-order valence-electron chi connectivity index (χ1n) is 23.1. The van der Waals surface area contributed by atoms with Crippen molar-refractivity contribution in [3.63, 3.8) is 0 Å². The summed E-state index contributed by atoms with van der Waals surface area (Å²) in [5.74, 6) is 0. The molecule has 0 bridgehead atoms. The Hall–Kier alpha value is -5.78. The van der Waals surface area contributed by atoms with Gasteiger partial charge in [0.2, 0.25) is 0 Å². The zero-order chi connectivity index (χ0) is 46.1. The molecule has 0 N–H and O–H groups in total. The van der Waals surface area contributed by atoms with Gasteiger partial charge in [0.15, 0.2) is 0 Å². The summed E-state index contributed by atoms with van der Waals surface area (Å²) < 4.78 is 3.12. The van der Waals surface area contributed by atoms with E-state index in [1.165, 1.54) is 117 Å². The average Bonchev–Trinajstić information content (AvgIpc) is 3.31. The van der Waals surface area contributed by atoms with Crippen LogP contribution in [0.1, 0.15) is 100 Å². The molecule has 3 aliphatic heterocycles. The van der Waals surface area contributed by atoms with Gasteiger partial charge in [-0.1, -0.05) is 227 Å². The Labute approximate surface area is 420 Å². The highest BCUT2D eigenvalue weighted by Crippen LogP contribution is 2.72. The van der Waals surface area contributed by atoms with Crippen LogP contribution in [0.2, 0.25) is 0 Å². The van der Waals surface area contributed by atoms with Crippen LogP contribution in [0.5, 0.6) is 0 Å². The number of nitrogens with zero attached hydrogens (tertiary/aromatic N) is 1. The summed E-state index contributed by atoms with van der Waals surface area (Å²) in [6.45, 7) is 13.2. The lowest BCUT2D eigenvalue weighted by Gasteiger charge is -2.58. The molecule has 0 saturated heterocycles. The van der Waals surface area contributed by atoms with Gasteiger partial charge in [-0.05, 0) is 145 Å². The molecule has 3 aliphatic rings. The zero-order valence-corrected chi connectivity index (χ0v) is 43.2. The Morgan fingerprint density at radius 2 is 0.403 bits per heavy atom. The second-order valence-electron chi connectivity index (χ2n) is 19.3. The molecule has 0 fully saturated rings. The van der Waals surface area contributed by atoms with E-state index in [4.69, 9.17) is 0 Å². The number of benzene rings is 9. The van der Waals surface area contributed by atoms with Gasteiger partial charge in [0.1, 0.15) is 0 Å². The maximum Gasteiger partial charge on any atom is 0.0743 e. The van der Waals surface area contributed by atoms with Crippen molar-refractivity contribution in [3.8, 4) is 0 Å². The minimum atomic E-state index is -0.761.